The van der Waals surface area contributed by atoms with Crippen molar-refractivity contribution in [1.29, 1.82) is 0 Å². The first-order chi connectivity index (χ1) is 9.36. The summed E-state index contributed by atoms with van der Waals surface area (Å²) in [5.41, 5.74) is 0.705. The topological polar surface area (TPSA) is 36.4 Å². The summed E-state index contributed by atoms with van der Waals surface area (Å²) >= 11 is 0. The Morgan fingerprint density at radius 3 is 2.45 bits per heavy atom. The summed E-state index contributed by atoms with van der Waals surface area (Å²) in [7, 11) is 1.75. The fourth-order valence-corrected chi connectivity index (χ4v) is 2.37. The second kappa shape index (κ2) is 5.43. The van der Waals surface area contributed by atoms with E-state index in [-0.39, 0.29) is 16.8 Å². The minimum atomic E-state index is -0.106. The second-order valence-corrected chi connectivity index (χ2v) is 6.56. The van der Waals surface area contributed by atoms with Crippen LogP contribution in [0.3, 0.4) is 0 Å². The molecule has 0 aliphatic heterocycles. The van der Waals surface area contributed by atoms with Gasteiger partial charge in [0, 0.05) is 24.5 Å². The summed E-state index contributed by atoms with van der Waals surface area (Å²) in [4.78, 5) is 4.22. The van der Waals surface area contributed by atoms with Crippen molar-refractivity contribution in [1.82, 2.24) is 10.6 Å². The van der Waals surface area contributed by atoms with Crippen LogP contribution < -0.4 is 10.6 Å². The van der Waals surface area contributed by atoms with Crippen molar-refractivity contribution >= 4 is 5.96 Å². The molecule has 0 saturated heterocycles. The van der Waals surface area contributed by atoms with Crippen LogP contribution in [0.5, 0.6) is 0 Å². The number of nitrogens with zero attached hydrogens (tertiary/aromatic N) is 1. The predicted octanol–water partition coefficient (Wildman–Crippen LogP) is 2.82. The highest BCUT2D eigenvalue weighted by Gasteiger charge is 2.45. The molecule has 1 saturated carbocycles. The van der Waals surface area contributed by atoms with Crippen LogP contribution in [-0.2, 0) is 5.41 Å². The van der Waals surface area contributed by atoms with Crippen molar-refractivity contribution in [2.24, 2.45) is 4.99 Å². The van der Waals surface area contributed by atoms with Gasteiger partial charge in [-0.3, -0.25) is 4.99 Å². The molecule has 110 valence electrons. The number of benzene rings is 1. The van der Waals surface area contributed by atoms with Gasteiger partial charge < -0.3 is 10.6 Å². The molecule has 0 atom stereocenters. The van der Waals surface area contributed by atoms with E-state index in [1.807, 2.05) is 12.1 Å². The summed E-state index contributed by atoms with van der Waals surface area (Å²) in [6.45, 7) is 6.97. The largest absolute Gasteiger partial charge is 0.356 e. The van der Waals surface area contributed by atoms with Crippen LogP contribution in [0.4, 0.5) is 4.39 Å². The van der Waals surface area contributed by atoms with Gasteiger partial charge in [0.15, 0.2) is 5.96 Å². The minimum absolute atomic E-state index is 0.0451. The smallest absolute Gasteiger partial charge is 0.191 e. The zero-order chi connectivity index (χ0) is 14.8. The van der Waals surface area contributed by atoms with Gasteiger partial charge in [-0.25, -0.2) is 4.39 Å². The summed E-state index contributed by atoms with van der Waals surface area (Å²) in [6, 6.07) is 7.07. The highest BCUT2D eigenvalue weighted by Crippen LogP contribution is 2.48. The number of nitrogens with one attached hydrogen (secondary N) is 2. The van der Waals surface area contributed by atoms with Gasteiger partial charge in [-0.15, -0.1) is 0 Å². The van der Waals surface area contributed by atoms with E-state index in [1.165, 1.54) is 6.07 Å². The van der Waals surface area contributed by atoms with Gasteiger partial charge in [-0.1, -0.05) is 18.2 Å². The number of hydrogen-bond donors (Lipinski definition) is 2. The van der Waals surface area contributed by atoms with Crippen LogP contribution in [0.1, 0.15) is 39.2 Å². The summed E-state index contributed by atoms with van der Waals surface area (Å²) < 4.78 is 13.9. The summed E-state index contributed by atoms with van der Waals surface area (Å²) in [6.07, 6.45) is 2.04. The Morgan fingerprint density at radius 2 is 1.95 bits per heavy atom. The fourth-order valence-electron chi connectivity index (χ4n) is 2.37. The van der Waals surface area contributed by atoms with Crippen LogP contribution in [-0.4, -0.2) is 25.1 Å². The molecular formula is C16H24FN3. The lowest BCUT2D eigenvalue weighted by Gasteiger charge is -2.25. The molecule has 0 amide bonds. The summed E-state index contributed by atoms with van der Waals surface area (Å²) in [5, 5.41) is 6.64. The molecule has 2 N–H and O–H groups in total. The second-order valence-electron chi connectivity index (χ2n) is 6.56. The molecule has 0 spiro atoms. The first kappa shape index (κ1) is 14.8. The first-order valence-corrected chi connectivity index (χ1v) is 7.10. The number of halogens is 1. The van der Waals surface area contributed by atoms with Crippen LogP contribution in [0.15, 0.2) is 29.3 Å². The average Bonchev–Trinajstić information content (AvgIpc) is 3.15. The molecule has 0 radical (unpaired) electrons. The van der Waals surface area contributed by atoms with Gasteiger partial charge in [0.05, 0.1) is 0 Å². The number of hydrogen-bond acceptors (Lipinski definition) is 1. The lowest BCUT2D eigenvalue weighted by Crippen LogP contribution is -2.49. The first-order valence-electron chi connectivity index (χ1n) is 7.10. The molecule has 20 heavy (non-hydrogen) atoms. The maximum absolute atomic E-state index is 13.9. The van der Waals surface area contributed by atoms with Crippen molar-refractivity contribution in [3.05, 3.63) is 35.6 Å². The average molecular weight is 277 g/mol. The molecule has 2 rings (SSSR count). The van der Waals surface area contributed by atoms with Crippen LogP contribution in [0.2, 0.25) is 0 Å². The Hall–Kier alpha value is -1.58. The third-order valence-corrected chi connectivity index (χ3v) is 3.61. The standard InChI is InChI=1S/C16H24FN3/c1-15(2,3)20-14(18-4)19-11-16(9-10-16)12-7-5-6-8-13(12)17/h5-8H,9-11H2,1-4H3,(H2,18,19,20). The monoisotopic (exact) mass is 277 g/mol. The maximum atomic E-state index is 13.9. The molecule has 0 aromatic heterocycles. The van der Waals surface area contributed by atoms with E-state index >= 15 is 0 Å². The third-order valence-electron chi connectivity index (χ3n) is 3.61. The van der Waals surface area contributed by atoms with Crippen molar-refractivity contribution in [2.45, 2.75) is 44.6 Å². The van der Waals surface area contributed by atoms with E-state index in [2.05, 4.69) is 36.4 Å². The normalized spacial score (nSPS) is 17.8. The van der Waals surface area contributed by atoms with Crippen LogP contribution >= 0.6 is 0 Å². The molecule has 0 unspecified atom stereocenters. The van der Waals surface area contributed by atoms with E-state index in [0.717, 1.165) is 24.4 Å². The van der Waals surface area contributed by atoms with Crippen molar-refractivity contribution in [2.75, 3.05) is 13.6 Å². The molecule has 1 fully saturated rings. The SMILES string of the molecule is CN=C(NCC1(c2ccccc2F)CC1)NC(C)(C)C. The van der Waals surface area contributed by atoms with Gasteiger partial charge in [-0.05, 0) is 45.2 Å². The Kier molecular flexibility index (Phi) is 4.02. The lowest BCUT2D eigenvalue weighted by atomic mass is 9.95. The molecule has 0 bridgehead atoms. The van der Waals surface area contributed by atoms with Gasteiger partial charge >= 0.3 is 0 Å². The van der Waals surface area contributed by atoms with Gasteiger partial charge in [0.2, 0.25) is 0 Å². The number of rotatable bonds is 3. The Balaban J connectivity index is 2.02. The highest BCUT2D eigenvalue weighted by molar-refractivity contribution is 5.80. The molecule has 4 heteroatoms. The Morgan fingerprint density at radius 1 is 1.30 bits per heavy atom. The maximum Gasteiger partial charge on any atom is 0.191 e. The molecule has 1 aliphatic rings. The van der Waals surface area contributed by atoms with E-state index in [1.54, 1.807) is 13.1 Å². The lowest BCUT2D eigenvalue weighted by molar-refractivity contribution is 0.495. The molecule has 3 nitrogen and oxygen atoms in total. The van der Waals surface area contributed by atoms with E-state index in [9.17, 15) is 4.39 Å². The quantitative estimate of drug-likeness (QED) is 0.658. The molecule has 1 aromatic rings. The van der Waals surface area contributed by atoms with E-state index < -0.39 is 0 Å². The van der Waals surface area contributed by atoms with Crippen molar-refractivity contribution in [3.8, 4) is 0 Å². The van der Waals surface area contributed by atoms with Crippen LogP contribution in [0.25, 0.3) is 0 Å². The Labute approximate surface area is 120 Å². The molecule has 1 aromatic carbocycles. The van der Waals surface area contributed by atoms with Crippen molar-refractivity contribution in [3.63, 3.8) is 0 Å². The van der Waals surface area contributed by atoms with Crippen molar-refractivity contribution < 1.29 is 4.39 Å². The van der Waals surface area contributed by atoms with E-state index in [0.29, 0.717) is 6.54 Å². The molecule has 0 heterocycles. The fraction of sp³-hybridized carbons (Fsp3) is 0.562. The molecular weight excluding hydrogens is 253 g/mol. The van der Waals surface area contributed by atoms with Gasteiger partial charge in [-0.2, -0.15) is 0 Å². The van der Waals surface area contributed by atoms with Gasteiger partial charge in [0.25, 0.3) is 0 Å². The van der Waals surface area contributed by atoms with E-state index in [4.69, 9.17) is 0 Å². The zero-order valence-electron chi connectivity index (χ0n) is 12.8. The zero-order valence-corrected chi connectivity index (χ0v) is 12.8. The minimum Gasteiger partial charge on any atom is -0.356 e. The number of guanidine groups is 1. The molecule has 1 aliphatic carbocycles. The third kappa shape index (κ3) is 3.50. The Bertz CT molecular complexity index is 499. The predicted molar refractivity (Wildman–Crippen MR) is 81.6 cm³/mol. The van der Waals surface area contributed by atoms with Gasteiger partial charge in [0.1, 0.15) is 5.82 Å². The van der Waals surface area contributed by atoms with Crippen LogP contribution in [0, 0.1) is 5.82 Å². The summed E-state index contributed by atoms with van der Waals surface area (Å²) in [5.74, 6) is 0.658. The highest BCUT2D eigenvalue weighted by atomic mass is 19.1. The number of aliphatic imine (C=N–C) groups is 1.